The van der Waals surface area contributed by atoms with Gasteiger partial charge in [0.25, 0.3) is 0 Å². The molecule has 1 heterocycles. The number of rotatable bonds is 11. The number of aryl methyl sites for hydroxylation is 1. The van der Waals surface area contributed by atoms with Crippen molar-refractivity contribution >= 4 is 35.6 Å². The molecule has 49 heavy (non-hydrogen) atoms. The van der Waals surface area contributed by atoms with Crippen molar-refractivity contribution in [1.82, 2.24) is 5.32 Å². The number of benzene rings is 1. The van der Waals surface area contributed by atoms with Crippen LogP contribution in [0.2, 0.25) is 0 Å². The Morgan fingerprint density at radius 3 is 2.04 bits per heavy atom. The van der Waals surface area contributed by atoms with Gasteiger partial charge in [0.15, 0.2) is 41.5 Å². The lowest BCUT2D eigenvalue weighted by Gasteiger charge is -2.45. The van der Waals surface area contributed by atoms with Crippen LogP contribution in [-0.2, 0) is 49.3 Å². The van der Waals surface area contributed by atoms with E-state index in [1.54, 1.807) is 12.3 Å². The molecule has 2 aromatic carbocycles. The fourth-order valence-corrected chi connectivity index (χ4v) is 6.66. The SMILES string of the molecule is COc1cc2c(c(OC)c1OC)-c1ccc(SC)c(=O)cc1[C@H](N[C@@H]1O[C@@H](COC(C)=O)[C@@H](OC(C)=O)[C@H](OC(C)=O)[C@@H]1OC(C)=O)CC2. The molecule has 0 amide bonds. The molecule has 1 saturated heterocycles. The Labute approximate surface area is 288 Å². The smallest absolute Gasteiger partial charge is 0.303 e. The van der Waals surface area contributed by atoms with Gasteiger partial charge >= 0.3 is 23.9 Å². The van der Waals surface area contributed by atoms with Crippen LogP contribution in [0.25, 0.3) is 11.1 Å². The maximum Gasteiger partial charge on any atom is 0.303 e. The van der Waals surface area contributed by atoms with Crippen LogP contribution in [0.4, 0.5) is 0 Å². The number of nitrogens with one attached hydrogen (secondary N) is 1. The number of ether oxygens (including phenoxy) is 8. The van der Waals surface area contributed by atoms with Crippen molar-refractivity contribution < 1.29 is 57.1 Å². The average molecular weight is 704 g/mol. The van der Waals surface area contributed by atoms with Crippen molar-refractivity contribution in [3.63, 3.8) is 0 Å². The zero-order valence-corrected chi connectivity index (χ0v) is 29.4. The van der Waals surface area contributed by atoms with Crippen molar-refractivity contribution in [2.24, 2.45) is 0 Å². The second kappa shape index (κ2) is 16.4. The third-order valence-electron chi connectivity index (χ3n) is 8.08. The molecule has 2 aromatic rings. The standard InChI is InChI=1S/C34H41NO13S/c1-16(36)44-15-26-30(45-17(2)37)32(46-18(3)38)33(47-19(4)39)34(48-26)35-23-11-9-20-13-25(41-5)29(42-6)31(43-7)28(20)21-10-12-27(49-8)24(40)14-22(21)23/h10,12-14,23,26,30,32-35H,9,11,15H2,1-8H3/t23-,26+,30-,32+,33+,34-/m1/s1. The highest BCUT2D eigenvalue weighted by atomic mass is 32.2. The normalized spacial score (nSPS) is 22.7. The molecule has 266 valence electrons. The highest BCUT2D eigenvalue weighted by molar-refractivity contribution is 7.98. The van der Waals surface area contributed by atoms with Crippen LogP contribution in [0.15, 0.2) is 34.0 Å². The van der Waals surface area contributed by atoms with Crippen molar-refractivity contribution in [2.75, 3.05) is 34.2 Å². The van der Waals surface area contributed by atoms with E-state index in [9.17, 15) is 24.0 Å². The first-order chi connectivity index (χ1) is 23.3. The summed E-state index contributed by atoms with van der Waals surface area (Å²) in [6, 6.07) is 6.33. The average Bonchev–Trinajstić information content (AvgIpc) is 3.29. The molecule has 0 unspecified atom stereocenters. The molecule has 4 rings (SSSR count). The van der Waals surface area contributed by atoms with E-state index in [4.69, 9.17) is 37.9 Å². The number of methoxy groups -OCH3 is 3. The lowest BCUT2D eigenvalue weighted by atomic mass is 9.94. The van der Waals surface area contributed by atoms with Crippen LogP contribution in [0, 0.1) is 0 Å². The molecule has 0 spiro atoms. The van der Waals surface area contributed by atoms with Gasteiger partial charge in [0.05, 0.1) is 26.2 Å². The summed E-state index contributed by atoms with van der Waals surface area (Å²) in [5.74, 6) is -1.59. The molecule has 1 N–H and O–H groups in total. The first-order valence-corrected chi connectivity index (χ1v) is 16.7. The van der Waals surface area contributed by atoms with Crippen LogP contribution in [-0.4, -0.2) is 88.7 Å². The van der Waals surface area contributed by atoms with Gasteiger partial charge in [-0.15, -0.1) is 11.8 Å². The van der Waals surface area contributed by atoms with Crippen LogP contribution < -0.4 is 25.0 Å². The summed E-state index contributed by atoms with van der Waals surface area (Å²) in [6.07, 6.45) is -3.73. The van der Waals surface area contributed by atoms with Gasteiger partial charge in [-0.1, -0.05) is 6.07 Å². The Hall–Kier alpha value is -4.34. The molecule has 0 radical (unpaired) electrons. The first kappa shape index (κ1) is 37.5. The maximum absolute atomic E-state index is 13.5. The van der Waals surface area contributed by atoms with Gasteiger partial charge in [-0.2, -0.15) is 0 Å². The summed E-state index contributed by atoms with van der Waals surface area (Å²) >= 11 is 1.30. The minimum Gasteiger partial charge on any atom is -0.493 e. The van der Waals surface area contributed by atoms with E-state index >= 15 is 0 Å². The predicted octanol–water partition coefficient (Wildman–Crippen LogP) is 3.12. The third kappa shape index (κ3) is 8.46. The zero-order chi connectivity index (χ0) is 36.0. The monoisotopic (exact) mass is 703 g/mol. The van der Waals surface area contributed by atoms with Crippen molar-refractivity contribution in [3.05, 3.63) is 45.6 Å². The topological polar surface area (TPSA) is 171 Å². The van der Waals surface area contributed by atoms with Gasteiger partial charge in [0.2, 0.25) is 5.75 Å². The molecule has 2 aliphatic rings. The number of carbonyl (C=O) groups is 4. The minimum atomic E-state index is -1.36. The third-order valence-corrected chi connectivity index (χ3v) is 8.85. The molecular weight excluding hydrogens is 662 g/mol. The van der Waals surface area contributed by atoms with Gasteiger partial charge in [-0.3, -0.25) is 29.3 Å². The van der Waals surface area contributed by atoms with Gasteiger partial charge in [0, 0.05) is 39.3 Å². The number of fused-ring (bicyclic) bond motifs is 3. The highest BCUT2D eigenvalue weighted by Gasteiger charge is 2.52. The Morgan fingerprint density at radius 2 is 1.47 bits per heavy atom. The molecule has 0 aromatic heterocycles. The first-order valence-electron chi connectivity index (χ1n) is 15.4. The van der Waals surface area contributed by atoms with Gasteiger partial charge in [-0.25, -0.2) is 0 Å². The summed E-state index contributed by atoms with van der Waals surface area (Å²) in [5.41, 5.74) is 2.55. The summed E-state index contributed by atoms with van der Waals surface area (Å²) in [6.45, 7) is 4.30. The molecule has 0 saturated carbocycles. The van der Waals surface area contributed by atoms with Crippen molar-refractivity contribution in [3.8, 4) is 28.4 Å². The second-order valence-electron chi connectivity index (χ2n) is 11.3. The molecule has 1 aliphatic heterocycles. The van der Waals surface area contributed by atoms with Crippen LogP contribution in [0.1, 0.15) is 51.3 Å². The van der Waals surface area contributed by atoms with Gasteiger partial charge in [-0.05, 0) is 54.0 Å². The molecule has 6 atom stereocenters. The van der Waals surface area contributed by atoms with E-state index in [2.05, 4.69) is 5.32 Å². The Kier molecular flexibility index (Phi) is 12.5. The summed E-state index contributed by atoms with van der Waals surface area (Å²) in [7, 11) is 4.55. The number of thioether (sulfide) groups is 1. The fourth-order valence-electron chi connectivity index (χ4n) is 6.20. The van der Waals surface area contributed by atoms with Crippen LogP contribution in [0.3, 0.4) is 0 Å². The van der Waals surface area contributed by atoms with E-state index in [0.29, 0.717) is 51.7 Å². The molecule has 0 bridgehead atoms. The Morgan fingerprint density at radius 1 is 0.837 bits per heavy atom. The number of hydrogen-bond acceptors (Lipinski definition) is 15. The fraction of sp³-hybridized carbons (Fsp3) is 0.500. The second-order valence-corrected chi connectivity index (χ2v) is 12.2. The van der Waals surface area contributed by atoms with E-state index in [1.807, 2.05) is 12.1 Å². The number of carbonyl (C=O) groups excluding carboxylic acids is 4. The van der Waals surface area contributed by atoms with Gasteiger partial charge in [0.1, 0.15) is 12.7 Å². The molecule has 15 heteroatoms. The number of esters is 4. The van der Waals surface area contributed by atoms with Crippen LogP contribution in [0.5, 0.6) is 17.2 Å². The van der Waals surface area contributed by atoms with Crippen LogP contribution >= 0.6 is 11.8 Å². The van der Waals surface area contributed by atoms with Gasteiger partial charge < -0.3 is 37.9 Å². The largest absolute Gasteiger partial charge is 0.493 e. The molecule has 1 fully saturated rings. The summed E-state index contributed by atoms with van der Waals surface area (Å²) in [5, 5.41) is 3.39. The van der Waals surface area contributed by atoms with E-state index in [1.165, 1.54) is 53.0 Å². The molecule has 1 aliphatic carbocycles. The lowest BCUT2D eigenvalue weighted by molar-refractivity contribution is -0.259. The van der Waals surface area contributed by atoms with E-state index < -0.39 is 60.6 Å². The number of hydrogen-bond donors (Lipinski definition) is 1. The van der Waals surface area contributed by atoms with E-state index in [0.717, 1.165) is 19.4 Å². The van der Waals surface area contributed by atoms with Crippen molar-refractivity contribution in [2.45, 2.75) is 82.1 Å². The lowest BCUT2D eigenvalue weighted by Crippen LogP contribution is -2.65. The van der Waals surface area contributed by atoms with E-state index in [-0.39, 0.29) is 12.0 Å². The maximum atomic E-state index is 13.5. The van der Waals surface area contributed by atoms with Crippen molar-refractivity contribution in [1.29, 1.82) is 0 Å². The quantitative estimate of drug-likeness (QED) is 0.206. The molecule has 14 nitrogen and oxygen atoms in total. The Balaban J connectivity index is 1.91. The predicted molar refractivity (Wildman–Crippen MR) is 176 cm³/mol. The molecular formula is C34H41NO13S. The highest BCUT2D eigenvalue weighted by Crippen LogP contribution is 2.50. The Bertz CT molecular complexity index is 1650. The minimum absolute atomic E-state index is 0.231. The summed E-state index contributed by atoms with van der Waals surface area (Å²) in [4.78, 5) is 62.8. The zero-order valence-electron chi connectivity index (χ0n) is 28.6. The summed E-state index contributed by atoms with van der Waals surface area (Å²) < 4.78 is 45.6.